The van der Waals surface area contributed by atoms with Gasteiger partial charge in [0.2, 0.25) is 10.0 Å². The van der Waals surface area contributed by atoms with Crippen LogP contribution in [0.5, 0.6) is 0 Å². The summed E-state index contributed by atoms with van der Waals surface area (Å²) in [5, 5.41) is 3.52. The maximum atomic E-state index is 11.6. The molecule has 0 aromatic heterocycles. The first-order valence-electron chi connectivity index (χ1n) is 6.33. The summed E-state index contributed by atoms with van der Waals surface area (Å²) in [5.74, 6) is 0. The van der Waals surface area contributed by atoms with E-state index in [1.54, 1.807) is 12.1 Å². The maximum Gasteiger partial charge on any atom is 0.240 e. The third-order valence-corrected chi connectivity index (χ3v) is 5.26. The van der Waals surface area contributed by atoms with Gasteiger partial charge in [-0.3, -0.25) is 0 Å². The Morgan fingerprint density at radius 2 is 1.83 bits per heavy atom. The van der Waals surface area contributed by atoms with E-state index < -0.39 is 10.0 Å². The second kappa shape index (κ2) is 4.90. The zero-order chi connectivity index (χ0) is 13.2. The summed E-state index contributed by atoms with van der Waals surface area (Å²) in [4.78, 5) is 0.301. The predicted octanol–water partition coefficient (Wildman–Crippen LogP) is 2.34. The summed E-state index contributed by atoms with van der Waals surface area (Å²) in [6.07, 6.45) is 4.76. The van der Waals surface area contributed by atoms with Gasteiger partial charge in [0.15, 0.2) is 0 Å². The van der Waals surface area contributed by atoms with Gasteiger partial charge in [-0.2, -0.15) is 0 Å². The summed E-state index contributed by atoms with van der Waals surface area (Å²) in [6.45, 7) is 2.19. The molecule has 100 valence electrons. The number of benzene rings is 1. The highest BCUT2D eigenvalue weighted by atomic mass is 32.2. The Bertz CT molecular complexity index is 499. The summed E-state index contributed by atoms with van der Waals surface area (Å²) in [7, 11) is -1.91. The molecule has 2 rings (SSSR count). The fourth-order valence-corrected chi connectivity index (χ4v) is 3.04. The molecular formula is C13H20N2O2S. The number of hydrogen-bond acceptors (Lipinski definition) is 3. The molecular weight excluding hydrogens is 248 g/mol. The van der Waals surface area contributed by atoms with Crippen molar-refractivity contribution < 1.29 is 8.42 Å². The smallest absolute Gasteiger partial charge is 0.240 e. The van der Waals surface area contributed by atoms with Crippen molar-refractivity contribution in [1.82, 2.24) is 4.72 Å². The van der Waals surface area contributed by atoms with Gasteiger partial charge in [-0.25, -0.2) is 13.1 Å². The van der Waals surface area contributed by atoms with E-state index in [-0.39, 0.29) is 5.54 Å². The third-order valence-electron chi connectivity index (χ3n) is 3.83. The second-order valence-electron chi connectivity index (χ2n) is 4.84. The van der Waals surface area contributed by atoms with Crippen LogP contribution in [0.1, 0.15) is 32.6 Å². The van der Waals surface area contributed by atoms with Gasteiger partial charge in [0, 0.05) is 11.2 Å². The SMILES string of the molecule is CCC1(Nc2ccc(S(=O)(=O)NC)cc2)CCC1. The van der Waals surface area contributed by atoms with Crippen LogP contribution in [0, 0.1) is 0 Å². The lowest BCUT2D eigenvalue weighted by atomic mass is 9.74. The van der Waals surface area contributed by atoms with Crippen molar-refractivity contribution in [3.8, 4) is 0 Å². The highest BCUT2D eigenvalue weighted by Gasteiger charge is 2.34. The Labute approximate surface area is 109 Å². The van der Waals surface area contributed by atoms with Crippen molar-refractivity contribution >= 4 is 15.7 Å². The number of nitrogens with one attached hydrogen (secondary N) is 2. The first-order valence-corrected chi connectivity index (χ1v) is 7.81. The Morgan fingerprint density at radius 3 is 2.22 bits per heavy atom. The van der Waals surface area contributed by atoms with Gasteiger partial charge >= 0.3 is 0 Å². The van der Waals surface area contributed by atoms with Crippen LogP contribution in [-0.4, -0.2) is 21.0 Å². The van der Waals surface area contributed by atoms with E-state index in [1.165, 1.54) is 26.3 Å². The number of hydrogen-bond donors (Lipinski definition) is 2. The largest absolute Gasteiger partial charge is 0.380 e. The molecule has 0 unspecified atom stereocenters. The molecule has 1 aromatic rings. The Morgan fingerprint density at radius 1 is 1.22 bits per heavy atom. The minimum Gasteiger partial charge on any atom is -0.380 e. The molecule has 0 heterocycles. The fraction of sp³-hybridized carbons (Fsp3) is 0.538. The van der Waals surface area contributed by atoms with Crippen LogP contribution in [0.3, 0.4) is 0 Å². The average Bonchev–Trinajstić information content (AvgIpc) is 2.34. The summed E-state index contributed by atoms with van der Waals surface area (Å²) < 4.78 is 25.5. The second-order valence-corrected chi connectivity index (χ2v) is 6.73. The lowest BCUT2D eigenvalue weighted by Crippen LogP contribution is -2.44. The Balaban J connectivity index is 2.13. The molecule has 0 atom stereocenters. The molecule has 1 aliphatic carbocycles. The molecule has 18 heavy (non-hydrogen) atoms. The number of rotatable bonds is 5. The molecule has 5 heteroatoms. The molecule has 4 nitrogen and oxygen atoms in total. The van der Waals surface area contributed by atoms with Gasteiger partial charge in [-0.05, 0) is 57.0 Å². The van der Waals surface area contributed by atoms with Crippen molar-refractivity contribution in [2.24, 2.45) is 0 Å². The quantitative estimate of drug-likeness (QED) is 0.861. The van der Waals surface area contributed by atoms with Gasteiger partial charge in [0.05, 0.1) is 4.90 Å². The van der Waals surface area contributed by atoms with Crippen molar-refractivity contribution in [2.75, 3.05) is 12.4 Å². The molecule has 0 amide bonds. The van der Waals surface area contributed by atoms with E-state index >= 15 is 0 Å². The average molecular weight is 268 g/mol. The van der Waals surface area contributed by atoms with Crippen LogP contribution in [0.2, 0.25) is 0 Å². The van der Waals surface area contributed by atoms with Crippen LogP contribution in [0.15, 0.2) is 29.2 Å². The van der Waals surface area contributed by atoms with Crippen LogP contribution in [0.4, 0.5) is 5.69 Å². The van der Waals surface area contributed by atoms with Crippen molar-refractivity contribution in [2.45, 2.75) is 43.0 Å². The predicted molar refractivity (Wildman–Crippen MR) is 73.2 cm³/mol. The van der Waals surface area contributed by atoms with Crippen molar-refractivity contribution in [3.05, 3.63) is 24.3 Å². The molecule has 0 spiro atoms. The number of anilines is 1. The highest BCUT2D eigenvalue weighted by Crippen LogP contribution is 2.37. The molecule has 0 aliphatic heterocycles. The molecule has 1 saturated carbocycles. The maximum absolute atomic E-state index is 11.6. The minimum atomic E-state index is -3.33. The highest BCUT2D eigenvalue weighted by molar-refractivity contribution is 7.89. The lowest BCUT2D eigenvalue weighted by molar-refractivity contribution is 0.269. The monoisotopic (exact) mass is 268 g/mol. The molecule has 0 bridgehead atoms. The van der Waals surface area contributed by atoms with Crippen molar-refractivity contribution in [1.29, 1.82) is 0 Å². The van der Waals surface area contributed by atoms with E-state index in [2.05, 4.69) is 17.0 Å². The topological polar surface area (TPSA) is 58.2 Å². The van der Waals surface area contributed by atoms with Gasteiger partial charge in [0.25, 0.3) is 0 Å². The fourth-order valence-electron chi connectivity index (χ4n) is 2.31. The zero-order valence-corrected chi connectivity index (χ0v) is 11.7. The van der Waals surface area contributed by atoms with Gasteiger partial charge in [-0.15, -0.1) is 0 Å². The molecule has 1 fully saturated rings. The summed E-state index contributed by atoms with van der Waals surface area (Å²) >= 11 is 0. The van der Waals surface area contributed by atoms with Gasteiger partial charge in [0.1, 0.15) is 0 Å². The van der Waals surface area contributed by atoms with Gasteiger partial charge < -0.3 is 5.32 Å². The van der Waals surface area contributed by atoms with Crippen LogP contribution in [0.25, 0.3) is 0 Å². The molecule has 1 aliphatic rings. The Kier molecular flexibility index (Phi) is 3.64. The Hall–Kier alpha value is -1.07. The molecule has 0 radical (unpaired) electrons. The summed E-state index contributed by atoms with van der Waals surface area (Å²) in [5.41, 5.74) is 1.22. The zero-order valence-electron chi connectivity index (χ0n) is 10.9. The first kappa shape index (κ1) is 13.4. The molecule has 0 saturated heterocycles. The number of sulfonamides is 1. The van der Waals surface area contributed by atoms with E-state index in [1.807, 2.05) is 12.1 Å². The van der Waals surface area contributed by atoms with E-state index in [0.29, 0.717) is 4.90 Å². The normalized spacial score (nSPS) is 18.1. The van der Waals surface area contributed by atoms with Crippen LogP contribution in [-0.2, 0) is 10.0 Å². The molecule has 2 N–H and O–H groups in total. The standard InChI is InChI=1S/C13H20N2O2S/c1-3-13(9-4-10-13)15-11-5-7-12(8-6-11)18(16,17)14-2/h5-8,14-15H,3-4,9-10H2,1-2H3. The minimum absolute atomic E-state index is 0.226. The van der Waals surface area contributed by atoms with Crippen molar-refractivity contribution in [3.63, 3.8) is 0 Å². The van der Waals surface area contributed by atoms with E-state index in [0.717, 1.165) is 12.1 Å². The molecule has 1 aromatic carbocycles. The third kappa shape index (κ3) is 2.52. The summed E-state index contributed by atoms with van der Waals surface area (Å²) in [6, 6.07) is 6.94. The first-order chi connectivity index (χ1) is 8.51. The van der Waals surface area contributed by atoms with Crippen LogP contribution < -0.4 is 10.0 Å². The van der Waals surface area contributed by atoms with Gasteiger partial charge in [-0.1, -0.05) is 6.92 Å². The lowest BCUT2D eigenvalue weighted by Gasteiger charge is -2.43. The van der Waals surface area contributed by atoms with E-state index in [4.69, 9.17) is 0 Å². The van der Waals surface area contributed by atoms with Crippen LogP contribution >= 0.6 is 0 Å². The van der Waals surface area contributed by atoms with E-state index in [9.17, 15) is 8.42 Å².